The molecule has 1 aliphatic rings. The number of carbonyl (C=O) groups excluding carboxylic acids is 1. The summed E-state index contributed by atoms with van der Waals surface area (Å²) in [6.07, 6.45) is 3.01. The van der Waals surface area contributed by atoms with E-state index in [9.17, 15) is 4.79 Å². The molecule has 1 saturated heterocycles. The maximum Gasteiger partial charge on any atom is 0.224 e. The van der Waals surface area contributed by atoms with E-state index >= 15 is 0 Å². The summed E-state index contributed by atoms with van der Waals surface area (Å²) in [5.41, 5.74) is 0. The highest BCUT2D eigenvalue weighted by Crippen LogP contribution is 2.06. The van der Waals surface area contributed by atoms with Gasteiger partial charge in [0.2, 0.25) is 5.91 Å². The van der Waals surface area contributed by atoms with Crippen LogP contribution in [-0.2, 0) is 9.53 Å². The lowest BCUT2D eigenvalue weighted by Gasteiger charge is -2.09. The van der Waals surface area contributed by atoms with Crippen LogP contribution in [0.1, 0.15) is 26.2 Å². The first kappa shape index (κ1) is 12.5. The SMILES string of the molecule is CCOCCCCNC(=O)C1CCNC1. The number of amides is 1. The molecule has 1 amide bonds. The summed E-state index contributed by atoms with van der Waals surface area (Å²) < 4.78 is 5.22. The molecule has 1 atom stereocenters. The van der Waals surface area contributed by atoms with Gasteiger partial charge in [-0.15, -0.1) is 0 Å². The summed E-state index contributed by atoms with van der Waals surface area (Å²) in [5, 5.41) is 6.16. The zero-order valence-electron chi connectivity index (χ0n) is 9.55. The fraction of sp³-hybridized carbons (Fsp3) is 0.909. The first-order chi connectivity index (χ1) is 7.34. The van der Waals surface area contributed by atoms with Crippen molar-refractivity contribution >= 4 is 5.91 Å². The minimum absolute atomic E-state index is 0.192. The van der Waals surface area contributed by atoms with Crippen molar-refractivity contribution in [3.63, 3.8) is 0 Å². The van der Waals surface area contributed by atoms with E-state index in [0.29, 0.717) is 0 Å². The molecular formula is C11H22N2O2. The molecule has 0 saturated carbocycles. The van der Waals surface area contributed by atoms with Crippen LogP contribution in [0.4, 0.5) is 0 Å². The maximum absolute atomic E-state index is 11.6. The average molecular weight is 214 g/mol. The molecule has 1 fully saturated rings. The minimum atomic E-state index is 0.192. The summed E-state index contributed by atoms with van der Waals surface area (Å²) in [6.45, 7) is 6.17. The lowest BCUT2D eigenvalue weighted by atomic mass is 10.1. The van der Waals surface area contributed by atoms with Gasteiger partial charge in [-0.1, -0.05) is 0 Å². The van der Waals surface area contributed by atoms with Crippen LogP contribution in [0, 0.1) is 5.92 Å². The lowest BCUT2D eigenvalue weighted by Crippen LogP contribution is -2.32. The van der Waals surface area contributed by atoms with Crippen molar-refractivity contribution in [2.45, 2.75) is 26.2 Å². The molecule has 0 aromatic heterocycles. The van der Waals surface area contributed by atoms with E-state index in [0.717, 1.165) is 52.1 Å². The molecule has 4 nitrogen and oxygen atoms in total. The van der Waals surface area contributed by atoms with Crippen molar-refractivity contribution in [3.8, 4) is 0 Å². The highest BCUT2D eigenvalue weighted by atomic mass is 16.5. The number of rotatable bonds is 7. The second kappa shape index (κ2) is 7.65. The monoisotopic (exact) mass is 214 g/mol. The van der Waals surface area contributed by atoms with E-state index in [2.05, 4.69) is 10.6 Å². The van der Waals surface area contributed by atoms with Crippen LogP contribution in [-0.4, -0.2) is 38.8 Å². The van der Waals surface area contributed by atoms with Crippen LogP contribution in [0.25, 0.3) is 0 Å². The molecular weight excluding hydrogens is 192 g/mol. The molecule has 0 aromatic rings. The largest absolute Gasteiger partial charge is 0.382 e. The third-order valence-electron chi connectivity index (χ3n) is 2.65. The highest BCUT2D eigenvalue weighted by Gasteiger charge is 2.21. The predicted octanol–water partition coefficient (Wildman–Crippen LogP) is 0.529. The Morgan fingerprint density at radius 2 is 2.40 bits per heavy atom. The lowest BCUT2D eigenvalue weighted by molar-refractivity contribution is -0.124. The van der Waals surface area contributed by atoms with E-state index in [4.69, 9.17) is 4.74 Å². The van der Waals surface area contributed by atoms with Gasteiger partial charge in [-0.05, 0) is 32.7 Å². The first-order valence-electron chi connectivity index (χ1n) is 5.90. The van der Waals surface area contributed by atoms with E-state index in [-0.39, 0.29) is 11.8 Å². The fourth-order valence-electron chi connectivity index (χ4n) is 1.71. The van der Waals surface area contributed by atoms with Gasteiger partial charge in [0.05, 0.1) is 5.92 Å². The fourth-order valence-corrected chi connectivity index (χ4v) is 1.71. The van der Waals surface area contributed by atoms with Crippen molar-refractivity contribution in [1.82, 2.24) is 10.6 Å². The van der Waals surface area contributed by atoms with Crippen LogP contribution in [0.3, 0.4) is 0 Å². The van der Waals surface area contributed by atoms with Crippen molar-refractivity contribution in [2.75, 3.05) is 32.8 Å². The van der Waals surface area contributed by atoms with Crippen LogP contribution in [0.5, 0.6) is 0 Å². The van der Waals surface area contributed by atoms with Gasteiger partial charge in [0.25, 0.3) is 0 Å². The zero-order chi connectivity index (χ0) is 10.9. The summed E-state index contributed by atoms with van der Waals surface area (Å²) in [5.74, 6) is 0.397. The molecule has 4 heteroatoms. The molecule has 0 radical (unpaired) electrons. The highest BCUT2D eigenvalue weighted by molar-refractivity contribution is 5.79. The summed E-state index contributed by atoms with van der Waals surface area (Å²) in [4.78, 5) is 11.6. The van der Waals surface area contributed by atoms with Crippen LogP contribution >= 0.6 is 0 Å². The third-order valence-corrected chi connectivity index (χ3v) is 2.65. The molecule has 0 aliphatic carbocycles. The Bertz CT molecular complexity index is 179. The number of unbranched alkanes of at least 4 members (excludes halogenated alkanes) is 1. The van der Waals surface area contributed by atoms with E-state index < -0.39 is 0 Å². The zero-order valence-corrected chi connectivity index (χ0v) is 9.55. The molecule has 1 unspecified atom stereocenters. The van der Waals surface area contributed by atoms with Gasteiger partial charge < -0.3 is 15.4 Å². The molecule has 88 valence electrons. The Hall–Kier alpha value is -0.610. The van der Waals surface area contributed by atoms with Crippen LogP contribution in [0.2, 0.25) is 0 Å². The molecule has 2 N–H and O–H groups in total. The van der Waals surface area contributed by atoms with E-state index in [1.165, 1.54) is 0 Å². The molecule has 15 heavy (non-hydrogen) atoms. The second-order valence-corrected chi connectivity index (χ2v) is 3.88. The number of hydrogen-bond donors (Lipinski definition) is 2. The molecule has 0 aromatic carbocycles. The molecule has 1 aliphatic heterocycles. The number of carbonyl (C=O) groups is 1. The number of ether oxygens (including phenoxy) is 1. The van der Waals surface area contributed by atoms with Gasteiger partial charge >= 0.3 is 0 Å². The second-order valence-electron chi connectivity index (χ2n) is 3.88. The Kier molecular flexibility index (Phi) is 6.36. The van der Waals surface area contributed by atoms with Crippen molar-refractivity contribution in [3.05, 3.63) is 0 Å². The van der Waals surface area contributed by atoms with E-state index in [1.807, 2.05) is 6.92 Å². The van der Waals surface area contributed by atoms with Gasteiger partial charge in [-0.25, -0.2) is 0 Å². The van der Waals surface area contributed by atoms with Gasteiger partial charge in [0, 0.05) is 26.3 Å². The topological polar surface area (TPSA) is 50.4 Å². The summed E-state index contributed by atoms with van der Waals surface area (Å²) in [7, 11) is 0. The summed E-state index contributed by atoms with van der Waals surface area (Å²) >= 11 is 0. The first-order valence-corrected chi connectivity index (χ1v) is 5.90. The molecule has 0 spiro atoms. The minimum Gasteiger partial charge on any atom is -0.382 e. The molecule has 1 rings (SSSR count). The standard InChI is InChI=1S/C11H22N2O2/c1-2-15-8-4-3-6-13-11(14)10-5-7-12-9-10/h10,12H,2-9H2,1H3,(H,13,14). The quantitative estimate of drug-likeness (QED) is 0.608. The van der Waals surface area contributed by atoms with Crippen molar-refractivity contribution in [1.29, 1.82) is 0 Å². The number of nitrogens with one attached hydrogen (secondary N) is 2. The third kappa shape index (κ3) is 5.14. The van der Waals surface area contributed by atoms with Gasteiger partial charge in [-0.3, -0.25) is 4.79 Å². The summed E-state index contributed by atoms with van der Waals surface area (Å²) in [6, 6.07) is 0. The van der Waals surface area contributed by atoms with E-state index in [1.54, 1.807) is 0 Å². The van der Waals surface area contributed by atoms with Crippen molar-refractivity contribution in [2.24, 2.45) is 5.92 Å². The van der Waals surface area contributed by atoms with Gasteiger partial charge in [0.1, 0.15) is 0 Å². The average Bonchev–Trinajstić information content (AvgIpc) is 2.76. The maximum atomic E-state index is 11.6. The molecule has 1 heterocycles. The van der Waals surface area contributed by atoms with Gasteiger partial charge in [-0.2, -0.15) is 0 Å². The number of hydrogen-bond acceptors (Lipinski definition) is 3. The van der Waals surface area contributed by atoms with Crippen LogP contribution in [0.15, 0.2) is 0 Å². The van der Waals surface area contributed by atoms with Gasteiger partial charge in [0.15, 0.2) is 0 Å². The Labute approximate surface area is 91.8 Å². The Morgan fingerprint density at radius 1 is 1.53 bits per heavy atom. The molecule has 0 bridgehead atoms. The van der Waals surface area contributed by atoms with Crippen molar-refractivity contribution < 1.29 is 9.53 Å². The Morgan fingerprint density at radius 3 is 3.07 bits per heavy atom. The smallest absolute Gasteiger partial charge is 0.224 e. The van der Waals surface area contributed by atoms with Crippen LogP contribution < -0.4 is 10.6 Å². The predicted molar refractivity (Wildman–Crippen MR) is 59.7 cm³/mol. The Balaban J connectivity index is 1.92. The normalized spacial score (nSPS) is 20.5.